The third kappa shape index (κ3) is 3.16. The zero-order valence-electron chi connectivity index (χ0n) is 13.2. The van der Waals surface area contributed by atoms with Crippen LogP contribution in [0.15, 0.2) is 54.7 Å². The molecule has 4 nitrogen and oxygen atoms in total. The summed E-state index contributed by atoms with van der Waals surface area (Å²) in [5.41, 5.74) is 4.58. The number of carbonyl (C=O) groups excluding carboxylic acids is 1. The maximum absolute atomic E-state index is 11.7. The van der Waals surface area contributed by atoms with Crippen molar-refractivity contribution in [3.05, 3.63) is 65.9 Å². The molecule has 3 rings (SSSR count). The van der Waals surface area contributed by atoms with Crippen LogP contribution in [0.2, 0.25) is 0 Å². The Labute approximate surface area is 135 Å². The van der Waals surface area contributed by atoms with Crippen molar-refractivity contribution in [1.29, 1.82) is 0 Å². The van der Waals surface area contributed by atoms with Crippen molar-refractivity contribution in [3.63, 3.8) is 0 Å². The van der Waals surface area contributed by atoms with E-state index in [-0.39, 0.29) is 5.97 Å². The van der Waals surface area contributed by atoms with Gasteiger partial charge in [0.15, 0.2) is 0 Å². The summed E-state index contributed by atoms with van der Waals surface area (Å²) in [4.78, 5) is 16.1. The summed E-state index contributed by atoms with van der Waals surface area (Å²) in [6, 6.07) is 15.3. The number of pyridine rings is 1. The summed E-state index contributed by atoms with van der Waals surface area (Å²) < 4.78 is 4.99. The fourth-order valence-corrected chi connectivity index (χ4v) is 2.49. The molecule has 0 radical (unpaired) electrons. The number of carbonyl (C=O) groups is 1. The normalized spacial score (nSPS) is 10.5. The largest absolute Gasteiger partial charge is 0.462 e. The number of hydrogen-bond donors (Lipinski definition) is 1. The van der Waals surface area contributed by atoms with Gasteiger partial charge < -0.3 is 10.1 Å². The lowest BCUT2D eigenvalue weighted by atomic mass is 10.1. The Bertz CT molecular complexity index is 842. The second-order valence-electron chi connectivity index (χ2n) is 5.25. The maximum Gasteiger partial charge on any atom is 0.338 e. The quantitative estimate of drug-likeness (QED) is 0.723. The lowest BCUT2D eigenvalue weighted by Gasteiger charge is -2.11. The van der Waals surface area contributed by atoms with Gasteiger partial charge in [0, 0.05) is 23.0 Å². The molecule has 0 fully saturated rings. The zero-order chi connectivity index (χ0) is 16.2. The molecule has 23 heavy (non-hydrogen) atoms. The molecule has 0 bridgehead atoms. The van der Waals surface area contributed by atoms with Gasteiger partial charge in [0.05, 0.1) is 17.7 Å². The monoisotopic (exact) mass is 306 g/mol. The van der Waals surface area contributed by atoms with E-state index >= 15 is 0 Å². The number of nitrogens with one attached hydrogen (secondary N) is 1. The van der Waals surface area contributed by atoms with Crippen LogP contribution in [0.1, 0.15) is 22.8 Å². The molecule has 0 amide bonds. The molecule has 0 aliphatic rings. The highest BCUT2D eigenvalue weighted by Crippen LogP contribution is 2.26. The maximum atomic E-state index is 11.7. The van der Waals surface area contributed by atoms with E-state index in [1.54, 1.807) is 25.3 Å². The van der Waals surface area contributed by atoms with Crippen molar-refractivity contribution in [3.8, 4) is 0 Å². The van der Waals surface area contributed by atoms with Crippen molar-refractivity contribution in [2.24, 2.45) is 0 Å². The van der Waals surface area contributed by atoms with Gasteiger partial charge in [-0.05, 0) is 49.7 Å². The molecule has 2 aromatic carbocycles. The van der Waals surface area contributed by atoms with Crippen LogP contribution in [-0.2, 0) is 4.74 Å². The molecule has 0 atom stereocenters. The van der Waals surface area contributed by atoms with Crippen molar-refractivity contribution >= 4 is 28.2 Å². The van der Waals surface area contributed by atoms with Gasteiger partial charge in [0.2, 0.25) is 0 Å². The highest BCUT2D eigenvalue weighted by atomic mass is 16.5. The Morgan fingerprint density at radius 1 is 1.13 bits per heavy atom. The van der Waals surface area contributed by atoms with Crippen LogP contribution < -0.4 is 5.32 Å². The molecule has 0 saturated carbocycles. The molecule has 0 unspecified atom stereocenters. The highest BCUT2D eigenvalue weighted by molar-refractivity contribution is 5.95. The summed E-state index contributed by atoms with van der Waals surface area (Å²) >= 11 is 0. The molecule has 3 aromatic rings. The van der Waals surface area contributed by atoms with Crippen LogP contribution in [0.4, 0.5) is 11.4 Å². The van der Waals surface area contributed by atoms with E-state index in [2.05, 4.69) is 10.3 Å². The Kier molecular flexibility index (Phi) is 4.24. The van der Waals surface area contributed by atoms with Crippen LogP contribution in [0.3, 0.4) is 0 Å². The number of para-hydroxylation sites is 1. The summed E-state index contributed by atoms with van der Waals surface area (Å²) in [6.07, 6.45) is 1.80. The molecule has 0 spiro atoms. The standard InChI is InChI=1S/C19H18N2O2/c1-3-23-19(22)14-7-9-15(10-8-14)21-17-11-12-20-18-13(2)5-4-6-16(17)18/h4-12H,3H2,1-2H3,(H,20,21). The van der Waals surface area contributed by atoms with E-state index in [1.807, 2.05) is 43.3 Å². The average Bonchev–Trinajstić information content (AvgIpc) is 2.57. The predicted molar refractivity (Wildman–Crippen MR) is 92.2 cm³/mol. The fraction of sp³-hybridized carbons (Fsp3) is 0.158. The summed E-state index contributed by atoms with van der Waals surface area (Å²) in [7, 11) is 0. The van der Waals surface area contributed by atoms with Crippen molar-refractivity contribution in [1.82, 2.24) is 4.98 Å². The Hall–Kier alpha value is -2.88. The number of hydrogen-bond acceptors (Lipinski definition) is 4. The van der Waals surface area contributed by atoms with E-state index in [4.69, 9.17) is 4.74 Å². The number of aryl methyl sites for hydroxylation is 1. The van der Waals surface area contributed by atoms with E-state index < -0.39 is 0 Å². The second kappa shape index (κ2) is 6.48. The second-order valence-corrected chi connectivity index (χ2v) is 5.25. The lowest BCUT2D eigenvalue weighted by molar-refractivity contribution is 0.0526. The third-order valence-corrected chi connectivity index (χ3v) is 3.65. The van der Waals surface area contributed by atoms with Crippen LogP contribution in [-0.4, -0.2) is 17.6 Å². The molecule has 1 aromatic heterocycles. The highest BCUT2D eigenvalue weighted by Gasteiger charge is 2.07. The van der Waals surface area contributed by atoms with E-state index in [1.165, 1.54) is 0 Å². The van der Waals surface area contributed by atoms with Crippen molar-refractivity contribution in [2.45, 2.75) is 13.8 Å². The van der Waals surface area contributed by atoms with Gasteiger partial charge in [-0.1, -0.05) is 18.2 Å². The summed E-state index contributed by atoms with van der Waals surface area (Å²) in [5, 5.41) is 4.45. The Morgan fingerprint density at radius 2 is 1.91 bits per heavy atom. The first kappa shape index (κ1) is 15.0. The molecule has 1 N–H and O–H groups in total. The molecule has 116 valence electrons. The number of benzene rings is 2. The van der Waals surface area contributed by atoms with Crippen LogP contribution >= 0.6 is 0 Å². The van der Waals surface area contributed by atoms with Crippen LogP contribution in [0.5, 0.6) is 0 Å². The van der Waals surface area contributed by atoms with Crippen LogP contribution in [0, 0.1) is 6.92 Å². The number of fused-ring (bicyclic) bond motifs is 1. The van der Waals surface area contributed by atoms with E-state index in [0.29, 0.717) is 12.2 Å². The van der Waals surface area contributed by atoms with Gasteiger partial charge in [-0.3, -0.25) is 4.98 Å². The fourth-order valence-electron chi connectivity index (χ4n) is 2.49. The van der Waals surface area contributed by atoms with E-state index in [9.17, 15) is 4.79 Å². The minimum absolute atomic E-state index is 0.302. The first-order valence-electron chi connectivity index (χ1n) is 7.57. The van der Waals surface area contributed by atoms with Gasteiger partial charge in [-0.25, -0.2) is 4.79 Å². The van der Waals surface area contributed by atoms with Crippen molar-refractivity contribution in [2.75, 3.05) is 11.9 Å². The first-order chi connectivity index (χ1) is 11.2. The van der Waals surface area contributed by atoms with Gasteiger partial charge in [0.25, 0.3) is 0 Å². The number of esters is 1. The van der Waals surface area contributed by atoms with Gasteiger partial charge in [0.1, 0.15) is 0 Å². The third-order valence-electron chi connectivity index (χ3n) is 3.65. The molecular weight excluding hydrogens is 288 g/mol. The minimum Gasteiger partial charge on any atom is -0.462 e. The molecule has 4 heteroatoms. The van der Waals surface area contributed by atoms with E-state index in [0.717, 1.165) is 27.8 Å². The molecular formula is C19H18N2O2. The minimum atomic E-state index is -0.302. The van der Waals surface area contributed by atoms with Gasteiger partial charge >= 0.3 is 5.97 Å². The Morgan fingerprint density at radius 3 is 2.65 bits per heavy atom. The number of aromatic nitrogens is 1. The molecule has 1 heterocycles. The molecule has 0 aliphatic heterocycles. The SMILES string of the molecule is CCOC(=O)c1ccc(Nc2ccnc3c(C)cccc23)cc1. The van der Waals surface area contributed by atoms with Gasteiger partial charge in [-0.2, -0.15) is 0 Å². The number of anilines is 2. The van der Waals surface area contributed by atoms with Crippen molar-refractivity contribution < 1.29 is 9.53 Å². The number of ether oxygens (including phenoxy) is 1. The first-order valence-corrected chi connectivity index (χ1v) is 7.57. The lowest BCUT2D eigenvalue weighted by Crippen LogP contribution is -2.04. The van der Waals surface area contributed by atoms with Crippen LogP contribution in [0.25, 0.3) is 10.9 Å². The smallest absolute Gasteiger partial charge is 0.338 e. The average molecular weight is 306 g/mol. The number of nitrogens with zero attached hydrogens (tertiary/aromatic N) is 1. The Balaban J connectivity index is 1.88. The summed E-state index contributed by atoms with van der Waals surface area (Å²) in [5.74, 6) is -0.302. The summed E-state index contributed by atoms with van der Waals surface area (Å²) in [6.45, 7) is 4.22. The molecule has 0 aliphatic carbocycles. The number of rotatable bonds is 4. The zero-order valence-corrected chi connectivity index (χ0v) is 13.2. The predicted octanol–water partition coefficient (Wildman–Crippen LogP) is 4.46. The topological polar surface area (TPSA) is 51.2 Å². The molecule has 0 saturated heterocycles. The van der Waals surface area contributed by atoms with Gasteiger partial charge in [-0.15, -0.1) is 0 Å².